The summed E-state index contributed by atoms with van der Waals surface area (Å²) in [6.07, 6.45) is 1.79. The van der Waals surface area contributed by atoms with Crippen molar-refractivity contribution in [2.45, 2.75) is 6.92 Å². The van der Waals surface area contributed by atoms with Crippen molar-refractivity contribution in [2.24, 2.45) is 11.7 Å². The van der Waals surface area contributed by atoms with Gasteiger partial charge in [-0.15, -0.1) is 0 Å². The fraction of sp³-hybridized carbons (Fsp3) is 0.222. The smallest absolute Gasteiger partial charge is 0.231 e. The first kappa shape index (κ1) is 16.2. The average molecular weight is 324 g/mol. The van der Waals surface area contributed by atoms with E-state index in [9.17, 15) is 9.90 Å². The average Bonchev–Trinajstić information content (AvgIpc) is 2.99. The number of nitrogens with two attached hydrogens (primary N) is 1. The minimum Gasteiger partial charge on any atom is -0.395 e. The van der Waals surface area contributed by atoms with Gasteiger partial charge in [0, 0.05) is 17.6 Å². The van der Waals surface area contributed by atoms with Crippen molar-refractivity contribution in [1.82, 2.24) is 9.78 Å². The van der Waals surface area contributed by atoms with Crippen LogP contribution < -0.4 is 11.1 Å². The van der Waals surface area contributed by atoms with Crippen LogP contribution in [0.4, 0.5) is 5.69 Å². The Hall–Kier alpha value is -2.70. The van der Waals surface area contributed by atoms with Gasteiger partial charge in [-0.05, 0) is 42.8 Å². The third-order valence-corrected chi connectivity index (χ3v) is 3.96. The number of amides is 1. The number of benzene rings is 2. The van der Waals surface area contributed by atoms with Crippen molar-refractivity contribution in [3.8, 4) is 5.69 Å². The Bertz CT molecular complexity index is 868. The highest BCUT2D eigenvalue weighted by molar-refractivity contribution is 5.95. The molecule has 124 valence electrons. The molecule has 1 atom stereocenters. The molecule has 1 heterocycles. The molecule has 3 aromatic rings. The van der Waals surface area contributed by atoms with Crippen LogP contribution in [0.3, 0.4) is 0 Å². The minimum absolute atomic E-state index is 0.103. The normalized spacial score (nSPS) is 12.3. The third kappa shape index (κ3) is 3.15. The highest BCUT2D eigenvalue weighted by Gasteiger charge is 2.16. The fourth-order valence-electron chi connectivity index (χ4n) is 2.57. The Morgan fingerprint density at radius 2 is 2.17 bits per heavy atom. The molecule has 4 N–H and O–H groups in total. The summed E-state index contributed by atoms with van der Waals surface area (Å²) in [6.45, 7) is 1.86. The molecule has 0 spiro atoms. The molecule has 3 rings (SSSR count). The molecule has 6 nitrogen and oxygen atoms in total. The monoisotopic (exact) mass is 324 g/mol. The van der Waals surface area contributed by atoms with E-state index in [0.717, 1.165) is 22.2 Å². The Kier molecular flexibility index (Phi) is 4.59. The zero-order valence-corrected chi connectivity index (χ0v) is 13.4. The van der Waals surface area contributed by atoms with Crippen molar-refractivity contribution in [1.29, 1.82) is 0 Å². The van der Waals surface area contributed by atoms with Gasteiger partial charge in [-0.2, -0.15) is 5.10 Å². The van der Waals surface area contributed by atoms with E-state index in [-0.39, 0.29) is 19.1 Å². The second-order valence-corrected chi connectivity index (χ2v) is 5.77. The molecule has 0 aliphatic heterocycles. The van der Waals surface area contributed by atoms with E-state index < -0.39 is 5.92 Å². The molecular formula is C18H20N4O2. The van der Waals surface area contributed by atoms with Crippen molar-refractivity contribution in [3.05, 3.63) is 54.2 Å². The van der Waals surface area contributed by atoms with Crippen LogP contribution in [0.5, 0.6) is 0 Å². The number of fused-ring (bicyclic) bond motifs is 1. The third-order valence-electron chi connectivity index (χ3n) is 3.96. The van der Waals surface area contributed by atoms with Gasteiger partial charge in [0.15, 0.2) is 0 Å². The SMILES string of the molecule is Cc1cccc(-n2ncc3ccc(NC(=O)[C@H](CN)CO)cc32)c1. The van der Waals surface area contributed by atoms with Crippen LogP contribution in [0.1, 0.15) is 5.56 Å². The molecule has 0 saturated heterocycles. The van der Waals surface area contributed by atoms with Crippen LogP contribution in [-0.2, 0) is 4.79 Å². The Balaban J connectivity index is 1.96. The molecule has 0 unspecified atom stereocenters. The van der Waals surface area contributed by atoms with Crippen LogP contribution >= 0.6 is 0 Å². The second kappa shape index (κ2) is 6.82. The Morgan fingerprint density at radius 3 is 2.88 bits per heavy atom. The molecule has 0 aliphatic rings. The Morgan fingerprint density at radius 1 is 1.33 bits per heavy atom. The number of aliphatic hydroxyl groups is 1. The van der Waals surface area contributed by atoms with E-state index in [1.165, 1.54) is 0 Å². The number of anilines is 1. The number of nitrogens with zero attached hydrogens (tertiary/aromatic N) is 2. The first-order valence-electron chi connectivity index (χ1n) is 7.79. The van der Waals surface area contributed by atoms with E-state index in [1.54, 1.807) is 6.20 Å². The Labute approximate surface area is 139 Å². The number of hydrogen-bond acceptors (Lipinski definition) is 4. The lowest BCUT2D eigenvalue weighted by atomic mass is 10.1. The largest absolute Gasteiger partial charge is 0.395 e. The summed E-state index contributed by atoms with van der Waals surface area (Å²) >= 11 is 0. The van der Waals surface area contributed by atoms with Crippen LogP contribution in [0.25, 0.3) is 16.6 Å². The van der Waals surface area contributed by atoms with Gasteiger partial charge in [0.1, 0.15) is 0 Å². The molecule has 24 heavy (non-hydrogen) atoms. The van der Waals surface area contributed by atoms with Crippen LogP contribution in [-0.4, -0.2) is 33.9 Å². The topological polar surface area (TPSA) is 93.2 Å². The standard InChI is InChI=1S/C18H20N4O2/c1-12-3-2-4-16(7-12)22-17-8-15(6-5-13(17)10-20-22)21-18(24)14(9-19)11-23/h2-8,10,14,23H,9,11,19H2,1H3,(H,21,24)/t14-/m1/s1. The number of aromatic nitrogens is 2. The number of aliphatic hydroxyl groups excluding tert-OH is 1. The molecule has 6 heteroatoms. The van der Waals surface area contributed by atoms with E-state index in [1.807, 2.05) is 54.1 Å². The zero-order valence-electron chi connectivity index (χ0n) is 13.4. The highest BCUT2D eigenvalue weighted by atomic mass is 16.3. The van der Waals surface area contributed by atoms with Crippen molar-refractivity contribution in [3.63, 3.8) is 0 Å². The van der Waals surface area contributed by atoms with Gasteiger partial charge in [0.25, 0.3) is 0 Å². The van der Waals surface area contributed by atoms with Crippen molar-refractivity contribution >= 4 is 22.5 Å². The summed E-state index contributed by atoms with van der Waals surface area (Å²) in [6, 6.07) is 13.6. The van der Waals surface area contributed by atoms with Gasteiger partial charge >= 0.3 is 0 Å². The van der Waals surface area contributed by atoms with Crippen LogP contribution in [0, 0.1) is 12.8 Å². The maximum atomic E-state index is 12.1. The summed E-state index contributed by atoms with van der Waals surface area (Å²) in [5.41, 5.74) is 9.14. The predicted molar refractivity (Wildman–Crippen MR) is 94.1 cm³/mol. The molecule has 0 saturated carbocycles. The number of carbonyl (C=O) groups is 1. The highest BCUT2D eigenvalue weighted by Crippen LogP contribution is 2.23. The predicted octanol–water partition coefficient (Wildman–Crippen LogP) is 1.84. The first-order chi connectivity index (χ1) is 11.6. The number of nitrogens with one attached hydrogen (secondary N) is 1. The number of rotatable bonds is 5. The number of aryl methyl sites for hydroxylation is 1. The molecule has 1 amide bonds. The van der Waals surface area contributed by atoms with Gasteiger partial charge in [-0.1, -0.05) is 12.1 Å². The summed E-state index contributed by atoms with van der Waals surface area (Å²) in [4.78, 5) is 12.1. The van der Waals surface area contributed by atoms with Gasteiger partial charge in [-0.3, -0.25) is 4.79 Å². The van der Waals surface area contributed by atoms with Crippen LogP contribution in [0.15, 0.2) is 48.7 Å². The molecule has 2 aromatic carbocycles. The van der Waals surface area contributed by atoms with Crippen molar-refractivity contribution in [2.75, 3.05) is 18.5 Å². The van der Waals surface area contributed by atoms with Gasteiger partial charge in [-0.25, -0.2) is 4.68 Å². The molecule has 0 aliphatic carbocycles. The van der Waals surface area contributed by atoms with Crippen molar-refractivity contribution < 1.29 is 9.90 Å². The maximum Gasteiger partial charge on any atom is 0.231 e. The summed E-state index contributed by atoms with van der Waals surface area (Å²) in [7, 11) is 0. The van der Waals surface area contributed by atoms with E-state index in [0.29, 0.717) is 5.69 Å². The zero-order chi connectivity index (χ0) is 17.1. The minimum atomic E-state index is -0.609. The van der Waals surface area contributed by atoms with E-state index in [2.05, 4.69) is 10.4 Å². The van der Waals surface area contributed by atoms with Crippen LogP contribution in [0.2, 0.25) is 0 Å². The van der Waals surface area contributed by atoms with E-state index in [4.69, 9.17) is 5.73 Å². The van der Waals surface area contributed by atoms with Gasteiger partial charge in [0.2, 0.25) is 5.91 Å². The molecule has 1 aromatic heterocycles. The number of hydrogen-bond donors (Lipinski definition) is 3. The molecular weight excluding hydrogens is 304 g/mol. The molecule has 0 bridgehead atoms. The quantitative estimate of drug-likeness (QED) is 0.667. The van der Waals surface area contributed by atoms with Gasteiger partial charge in [0.05, 0.1) is 29.9 Å². The lowest BCUT2D eigenvalue weighted by Crippen LogP contribution is -2.31. The van der Waals surface area contributed by atoms with Gasteiger partial charge < -0.3 is 16.2 Å². The molecule has 0 fully saturated rings. The lowest BCUT2D eigenvalue weighted by Gasteiger charge is -2.12. The molecule has 0 radical (unpaired) electrons. The maximum absolute atomic E-state index is 12.1. The number of carbonyl (C=O) groups excluding carboxylic acids is 1. The fourth-order valence-corrected chi connectivity index (χ4v) is 2.57. The van der Waals surface area contributed by atoms with E-state index >= 15 is 0 Å². The summed E-state index contributed by atoms with van der Waals surface area (Å²) in [5.74, 6) is -0.900. The first-order valence-corrected chi connectivity index (χ1v) is 7.79. The lowest BCUT2D eigenvalue weighted by molar-refractivity contribution is -0.120. The summed E-state index contributed by atoms with van der Waals surface area (Å²) in [5, 5.41) is 17.4. The second-order valence-electron chi connectivity index (χ2n) is 5.77. The summed E-state index contributed by atoms with van der Waals surface area (Å²) < 4.78 is 1.84.